The molecule has 92 valence electrons. The summed E-state index contributed by atoms with van der Waals surface area (Å²) in [6.45, 7) is -0.228. The molecule has 0 amide bonds. The number of hydrogen-bond donors (Lipinski definition) is 1. The zero-order chi connectivity index (χ0) is 12.6. The van der Waals surface area contributed by atoms with Gasteiger partial charge in [-0.25, -0.2) is 4.79 Å². The topological polar surface area (TPSA) is 55.8 Å². The summed E-state index contributed by atoms with van der Waals surface area (Å²) in [7, 11) is 0. The van der Waals surface area contributed by atoms with Gasteiger partial charge < -0.3 is 14.6 Å². The Morgan fingerprint density at radius 2 is 2.06 bits per heavy atom. The van der Waals surface area contributed by atoms with Gasteiger partial charge in [0.15, 0.2) is 11.5 Å². The van der Waals surface area contributed by atoms with E-state index in [4.69, 9.17) is 14.6 Å². The Labute approximate surface area is 93.6 Å². The fourth-order valence-electron chi connectivity index (χ4n) is 1.37. The summed E-state index contributed by atoms with van der Waals surface area (Å²) in [6, 6.07) is 2.68. The Balaban J connectivity index is 2.32. The average molecular weight is 248 g/mol. The molecule has 0 spiro atoms. The van der Waals surface area contributed by atoms with Gasteiger partial charge in [-0.05, 0) is 18.2 Å². The molecule has 1 atom stereocenters. The SMILES string of the molecule is O=C(O)[C@H]1COc2ccc(C(F)(F)F)cc2O1. The van der Waals surface area contributed by atoms with Crippen molar-refractivity contribution in [2.45, 2.75) is 12.3 Å². The number of hydrogen-bond acceptors (Lipinski definition) is 3. The molecule has 0 saturated heterocycles. The van der Waals surface area contributed by atoms with Gasteiger partial charge in [0.2, 0.25) is 6.10 Å². The van der Waals surface area contributed by atoms with Gasteiger partial charge in [-0.1, -0.05) is 0 Å². The molecule has 1 aromatic carbocycles. The van der Waals surface area contributed by atoms with Crippen LogP contribution in [0.4, 0.5) is 13.2 Å². The summed E-state index contributed by atoms with van der Waals surface area (Å²) in [5.74, 6) is -1.39. The first kappa shape index (κ1) is 11.6. The van der Waals surface area contributed by atoms with Crippen LogP contribution >= 0.6 is 0 Å². The zero-order valence-corrected chi connectivity index (χ0v) is 8.32. The van der Waals surface area contributed by atoms with Gasteiger partial charge >= 0.3 is 12.1 Å². The van der Waals surface area contributed by atoms with Crippen molar-refractivity contribution in [3.63, 3.8) is 0 Å². The van der Waals surface area contributed by atoms with Crippen LogP contribution in [0.2, 0.25) is 0 Å². The largest absolute Gasteiger partial charge is 0.485 e. The summed E-state index contributed by atoms with van der Waals surface area (Å²) < 4.78 is 47.1. The number of carboxylic acids is 1. The number of carbonyl (C=O) groups is 1. The lowest BCUT2D eigenvalue weighted by atomic mass is 10.2. The molecule has 0 radical (unpaired) electrons. The number of carboxylic acid groups (broad SMARTS) is 1. The molecular formula is C10H7F3O4. The van der Waals surface area contributed by atoms with E-state index < -0.39 is 23.8 Å². The highest BCUT2D eigenvalue weighted by Crippen LogP contribution is 2.38. The van der Waals surface area contributed by atoms with Crippen molar-refractivity contribution in [2.75, 3.05) is 6.61 Å². The third-order valence-electron chi connectivity index (χ3n) is 2.21. The van der Waals surface area contributed by atoms with E-state index in [1.807, 2.05) is 0 Å². The molecule has 0 bridgehead atoms. The van der Waals surface area contributed by atoms with Crippen LogP contribution in [0.15, 0.2) is 18.2 Å². The lowest BCUT2D eigenvalue weighted by Crippen LogP contribution is -2.36. The molecule has 0 unspecified atom stereocenters. The van der Waals surface area contributed by atoms with E-state index in [1.54, 1.807) is 0 Å². The van der Waals surface area contributed by atoms with Crippen molar-refractivity contribution in [1.29, 1.82) is 0 Å². The van der Waals surface area contributed by atoms with E-state index >= 15 is 0 Å². The van der Waals surface area contributed by atoms with Gasteiger partial charge in [-0.15, -0.1) is 0 Å². The minimum atomic E-state index is -4.51. The Morgan fingerprint density at radius 1 is 1.35 bits per heavy atom. The van der Waals surface area contributed by atoms with Crippen LogP contribution in [0.3, 0.4) is 0 Å². The van der Waals surface area contributed by atoms with Crippen LogP contribution in [-0.4, -0.2) is 23.8 Å². The van der Waals surface area contributed by atoms with Crippen molar-refractivity contribution >= 4 is 5.97 Å². The molecule has 0 aliphatic carbocycles. The summed E-state index contributed by atoms with van der Waals surface area (Å²) >= 11 is 0. The number of alkyl halides is 3. The predicted octanol–water partition coefficient (Wildman–Crippen LogP) is 1.93. The maximum absolute atomic E-state index is 12.4. The first-order chi connectivity index (χ1) is 7.88. The number of rotatable bonds is 1. The van der Waals surface area contributed by atoms with Crippen LogP contribution in [-0.2, 0) is 11.0 Å². The molecule has 1 aliphatic rings. The first-order valence-electron chi connectivity index (χ1n) is 4.61. The van der Waals surface area contributed by atoms with E-state index in [2.05, 4.69) is 0 Å². The average Bonchev–Trinajstić information content (AvgIpc) is 2.26. The minimum absolute atomic E-state index is 0.107. The second-order valence-electron chi connectivity index (χ2n) is 3.42. The van der Waals surface area contributed by atoms with E-state index in [9.17, 15) is 18.0 Å². The summed E-state index contributed by atoms with van der Waals surface area (Å²) in [4.78, 5) is 10.6. The normalized spacial score (nSPS) is 18.9. The van der Waals surface area contributed by atoms with Crippen molar-refractivity contribution < 1.29 is 32.5 Å². The van der Waals surface area contributed by atoms with E-state index in [-0.39, 0.29) is 18.1 Å². The van der Waals surface area contributed by atoms with Crippen LogP contribution in [0.1, 0.15) is 5.56 Å². The highest BCUT2D eigenvalue weighted by Gasteiger charge is 2.34. The number of fused-ring (bicyclic) bond motifs is 1. The lowest BCUT2D eigenvalue weighted by Gasteiger charge is -2.24. The third-order valence-corrected chi connectivity index (χ3v) is 2.21. The van der Waals surface area contributed by atoms with Crippen LogP contribution in [0.25, 0.3) is 0 Å². The summed E-state index contributed by atoms with van der Waals surface area (Å²) in [6.07, 6.45) is -5.79. The molecule has 4 nitrogen and oxygen atoms in total. The second-order valence-corrected chi connectivity index (χ2v) is 3.42. The summed E-state index contributed by atoms with van der Waals surface area (Å²) in [5.41, 5.74) is -0.911. The Kier molecular flexibility index (Phi) is 2.60. The second kappa shape index (κ2) is 3.83. The zero-order valence-electron chi connectivity index (χ0n) is 8.32. The van der Waals surface area contributed by atoms with E-state index in [1.165, 1.54) is 0 Å². The Morgan fingerprint density at radius 3 is 2.65 bits per heavy atom. The maximum atomic E-state index is 12.4. The van der Waals surface area contributed by atoms with Crippen LogP contribution in [0.5, 0.6) is 11.5 Å². The monoisotopic (exact) mass is 248 g/mol. The maximum Gasteiger partial charge on any atom is 0.416 e. The predicted molar refractivity (Wildman–Crippen MR) is 49.0 cm³/mol. The lowest BCUT2D eigenvalue weighted by molar-refractivity contribution is -0.147. The van der Waals surface area contributed by atoms with Gasteiger partial charge in [0, 0.05) is 0 Å². The molecule has 1 heterocycles. The Bertz CT molecular complexity index is 455. The molecule has 1 aromatic rings. The van der Waals surface area contributed by atoms with Gasteiger partial charge in [0.1, 0.15) is 6.61 Å². The van der Waals surface area contributed by atoms with Crippen molar-refractivity contribution in [3.8, 4) is 11.5 Å². The Hall–Kier alpha value is -1.92. The number of benzene rings is 1. The standard InChI is InChI=1S/C10H7F3O4/c11-10(12,13)5-1-2-6-7(3-5)17-8(4-16-6)9(14)15/h1-3,8H,4H2,(H,14,15)/t8-/m1/s1. The van der Waals surface area contributed by atoms with E-state index in [0.29, 0.717) is 0 Å². The van der Waals surface area contributed by atoms with Crippen LogP contribution in [0, 0.1) is 0 Å². The molecule has 0 saturated carbocycles. The van der Waals surface area contributed by atoms with Crippen molar-refractivity contribution in [1.82, 2.24) is 0 Å². The first-order valence-corrected chi connectivity index (χ1v) is 4.61. The quantitative estimate of drug-likeness (QED) is 0.825. The molecule has 0 fully saturated rings. The fourth-order valence-corrected chi connectivity index (χ4v) is 1.37. The minimum Gasteiger partial charge on any atom is -0.485 e. The summed E-state index contributed by atoms with van der Waals surface area (Å²) in [5, 5.41) is 8.67. The molecule has 0 aromatic heterocycles. The third kappa shape index (κ3) is 2.27. The highest BCUT2D eigenvalue weighted by atomic mass is 19.4. The molecule has 1 N–H and O–H groups in total. The van der Waals surface area contributed by atoms with Gasteiger partial charge in [-0.2, -0.15) is 13.2 Å². The molecule has 7 heteroatoms. The highest BCUT2D eigenvalue weighted by molar-refractivity contribution is 5.73. The molecule has 17 heavy (non-hydrogen) atoms. The van der Waals surface area contributed by atoms with Crippen molar-refractivity contribution in [2.24, 2.45) is 0 Å². The van der Waals surface area contributed by atoms with Crippen LogP contribution < -0.4 is 9.47 Å². The van der Waals surface area contributed by atoms with E-state index in [0.717, 1.165) is 18.2 Å². The molecule has 1 aliphatic heterocycles. The number of ether oxygens (including phenoxy) is 2. The van der Waals surface area contributed by atoms with Gasteiger partial charge in [-0.3, -0.25) is 0 Å². The van der Waals surface area contributed by atoms with Crippen molar-refractivity contribution in [3.05, 3.63) is 23.8 Å². The molecular weight excluding hydrogens is 241 g/mol. The molecule has 2 rings (SSSR count). The number of halogens is 3. The fraction of sp³-hybridized carbons (Fsp3) is 0.300. The smallest absolute Gasteiger partial charge is 0.416 e. The van der Waals surface area contributed by atoms with Gasteiger partial charge in [0.25, 0.3) is 0 Å². The number of aliphatic carboxylic acids is 1. The van der Waals surface area contributed by atoms with Gasteiger partial charge in [0.05, 0.1) is 5.56 Å².